The number of anilines is 1. The van der Waals surface area contributed by atoms with Crippen molar-refractivity contribution >= 4 is 12.0 Å². The van der Waals surface area contributed by atoms with Crippen molar-refractivity contribution in [3.8, 4) is 0 Å². The quantitative estimate of drug-likeness (QED) is 0.688. The molecule has 19 heavy (non-hydrogen) atoms. The monoisotopic (exact) mass is 269 g/mol. The van der Waals surface area contributed by atoms with Crippen LogP contribution in [0, 0.1) is 11.8 Å². The molecule has 1 aromatic rings. The molecule has 0 aliphatic carbocycles. The number of nitrogens with zero attached hydrogens (tertiary/aromatic N) is 3. The molecule has 0 aliphatic heterocycles. The van der Waals surface area contributed by atoms with Crippen molar-refractivity contribution in [2.24, 2.45) is 18.9 Å². The van der Waals surface area contributed by atoms with Crippen LogP contribution in [0.25, 0.3) is 0 Å². The fourth-order valence-electron chi connectivity index (χ4n) is 1.94. The zero-order valence-electron chi connectivity index (χ0n) is 11.8. The molecule has 0 aliphatic rings. The van der Waals surface area contributed by atoms with Gasteiger partial charge in [0.25, 0.3) is 0 Å². The van der Waals surface area contributed by atoms with E-state index in [1.54, 1.807) is 7.05 Å². The van der Waals surface area contributed by atoms with Crippen LogP contribution < -0.4 is 10.6 Å². The number of aliphatic hydroxyl groups excluding tert-OH is 1. The molecule has 0 radical (unpaired) electrons. The number of hydrogen-bond donors (Lipinski definition) is 3. The lowest BCUT2D eigenvalue weighted by atomic mass is 9.94. The number of nitrogens with one attached hydrogen (secondary N) is 2. The summed E-state index contributed by atoms with van der Waals surface area (Å²) in [5.74, 6) is 1.23. The molecule has 0 saturated carbocycles. The number of aliphatic hydroxyl groups is 1. The van der Waals surface area contributed by atoms with Crippen molar-refractivity contribution in [1.82, 2.24) is 20.1 Å². The summed E-state index contributed by atoms with van der Waals surface area (Å²) >= 11 is 0. The van der Waals surface area contributed by atoms with Gasteiger partial charge in [-0.25, -0.2) is 9.48 Å². The third-order valence-corrected chi connectivity index (χ3v) is 2.83. The third-order valence-electron chi connectivity index (χ3n) is 2.83. The first-order valence-corrected chi connectivity index (χ1v) is 6.52. The van der Waals surface area contributed by atoms with Crippen molar-refractivity contribution in [2.45, 2.75) is 26.7 Å². The van der Waals surface area contributed by atoms with Crippen molar-refractivity contribution in [2.75, 3.05) is 18.5 Å². The summed E-state index contributed by atoms with van der Waals surface area (Å²) < 4.78 is 1.49. The molecule has 1 unspecified atom stereocenters. The van der Waals surface area contributed by atoms with Crippen molar-refractivity contribution in [3.05, 3.63) is 6.33 Å². The Morgan fingerprint density at radius 2 is 2.26 bits per heavy atom. The molecule has 0 spiro atoms. The van der Waals surface area contributed by atoms with Gasteiger partial charge in [-0.3, -0.25) is 5.32 Å². The summed E-state index contributed by atoms with van der Waals surface area (Å²) in [5.41, 5.74) is 0. The van der Waals surface area contributed by atoms with E-state index in [-0.39, 0.29) is 18.6 Å². The highest BCUT2D eigenvalue weighted by molar-refractivity contribution is 5.87. The Labute approximate surface area is 113 Å². The van der Waals surface area contributed by atoms with Crippen LogP contribution in [0.2, 0.25) is 0 Å². The molecular weight excluding hydrogens is 246 g/mol. The second-order valence-electron chi connectivity index (χ2n) is 5.05. The number of urea groups is 1. The predicted molar refractivity (Wildman–Crippen MR) is 72.7 cm³/mol. The fraction of sp³-hybridized carbons (Fsp3) is 0.750. The standard InChI is InChI=1S/C12H23N5O2/c1-9(2)6-10(4-5-18)7-13-12(19)16-11-14-8-15-17(11)3/h8-10,18H,4-7H2,1-3H3,(H2,13,14,15,16,19). The Balaban J connectivity index is 2.37. The second kappa shape index (κ2) is 7.73. The van der Waals surface area contributed by atoms with Gasteiger partial charge in [-0.15, -0.1) is 0 Å². The Bertz CT molecular complexity index is 391. The van der Waals surface area contributed by atoms with Crippen LogP contribution in [0.3, 0.4) is 0 Å². The molecule has 1 atom stereocenters. The van der Waals surface area contributed by atoms with E-state index in [2.05, 4.69) is 34.6 Å². The van der Waals surface area contributed by atoms with Gasteiger partial charge < -0.3 is 10.4 Å². The van der Waals surface area contributed by atoms with Gasteiger partial charge in [0, 0.05) is 20.2 Å². The van der Waals surface area contributed by atoms with Crippen LogP contribution in [0.4, 0.5) is 10.7 Å². The first-order chi connectivity index (χ1) is 9.02. The van der Waals surface area contributed by atoms with Gasteiger partial charge >= 0.3 is 6.03 Å². The number of carbonyl (C=O) groups excluding carboxylic acids is 1. The summed E-state index contributed by atoms with van der Waals surface area (Å²) in [5, 5.41) is 18.3. The molecule has 3 N–H and O–H groups in total. The van der Waals surface area contributed by atoms with Crippen molar-refractivity contribution in [1.29, 1.82) is 0 Å². The Morgan fingerprint density at radius 3 is 2.79 bits per heavy atom. The molecule has 2 amide bonds. The molecule has 0 aromatic carbocycles. The Hall–Kier alpha value is -1.63. The fourth-order valence-corrected chi connectivity index (χ4v) is 1.94. The lowest BCUT2D eigenvalue weighted by Crippen LogP contribution is -2.34. The zero-order valence-corrected chi connectivity index (χ0v) is 11.8. The molecular formula is C12H23N5O2. The lowest BCUT2D eigenvalue weighted by molar-refractivity contribution is 0.231. The van der Waals surface area contributed by atoms with Gasteiger partial charge in [-0.2, -0.15) is 10.1 Å². The topological polar surface area (TPSA) is 92.1 Å². The van der Waals surface area contributed by atoms with Crippen LogP contribution in [0.5, 0.6) is 0 Å². The maximum absolute atomic E-state index is 11.7. The van der Waals surface area contributed by atoms with E-state index >= 15 is 0 Å². The molecule has 1 aromatic heterocycles. The van der Waals surface area contributed by atoms with E-state index in [1.807, 2.05) is 0 Å². The van der Waals surface area contributed by atoms with E-state index < -0.39 is 0 Å². The highest BCUT2D eigenvalue weighted by Crippen LogP contribution is 2.14. The minimum Gasteiger partial charge on any atom is -0.396 e. The van der Waals surface area contributed by atoms with Crippen LogP contribution >= 0.6 is 0 Å². The van der Waals surface area contributed by atoms with Gasteiger partial charge in [-0.05, 0) is 24.7 Å². The van der Waals surface area contributed by atoms with E-state index in [9.17, 15) is 4.79 Å². The Kier molecular flexibility index (Phi) is 6.27. The maximum atomic E-state index is 11.7. The number of carbonyl (C=O) groups is 1. The molecule has 7 nitrogen and oxygen atoms in total. The molecule has 7 heteroatoms. The van der Waals surface area contributed by atoms with Gasteiger partial charge in [0.15, 0.2) is 0 Å². The molecule has 1 heterocycles. The van der Waals surface area contributed by atoms with E-state index in [1.165, 1.54) is 11.0 Å². The number of aryl methyl sites for hydroxylation is 1. The zero-order chi connectivity index (χ0) is 14.3. The lowest BCUT2D eigenvalue weighted by Gasteiger charge is -2.18. The first kappa shape index (κ1) is 15.4. The van der Waals surface area contributed by atoms with Crippen molar-refractivity contribution < 1.29 is 9.90 Å². The van der Waals surface area contributed by atoms with Crippen LogP contribution in [0.1, 0.15) is 26.7 Å². The highest BCUT2D eigenvalue weighted by atomic mass is 16.3. The maximum Gasteiger partial charge on any atom is 0.321 e. The number of amides is 2. The van der Waals surface area contributed by atoms with E-state index in [4.69, 9.17) is 5.11 Å². The summed E-state index contributed by atoms with van der Waals surface area (Å²) in [6.45, 7) is 4.94. The highest BCUT2D eigenvalue weighted by Gasteiger charge is 2.13. The predicted octanol–water partition coefficient (Wildman–Crippen LogP) is 0.981. The number of rotatable bonds is 7. The molecule has 0 fully saturated rings. The largest absolute Gasteiger partial charge is 0.396 e. The van der Waals surface area contributed by atoms with Gasteiger partial charge in [0.1, 0.15) is 6.33 Å². The second-order valence-corrected chi connectivity index (χ2v) is 5.05. The molecule has 0 saturated heterocycles. The third kappa shape index (κ3) is 5.69. The average Bonchev–Trinajstić information content (AvgIpc) is 2.72. The normalized spacial score (nSPS) is 12.5. The van der Waals surface area contributed by atoms with Crippen LogP contribution in [0.15, 0.2) is 6.33 Å². The summed E-state index contributed by atoms with van der Waals surface area (Å²) in [6.07, 6.45) is 3.05. The Morgan fingerprint density at radius 1 is 1.53 bits per heavy atom. The van der Waals surface area contributed by atoms with E-state index in [0.29, 0.717) is 24.8 Å². The van der Waals surface area contributed by atoms with Gasteiger partial charge in [0.2, 0.25) is 5.95 Å². The number of hydrogen-bond acceptors (Lipinski definition) is 4. The minimum atomic E-state index is -0.303. The first-order valence-electron chi connectivity index (χ1n) is 6.52. The average molecular weight is 269 g/mol. The summed E-state index contributed by atoms with van der Waals surface area (Å²) in [6, 6.07) is -0.303. The SMILES string of the molecule is CC(C)CC(CCO)CNC(=O)Nc1ncnn1C. The smallest absolute Gasteiger partial charge is 0.321 e. The van der Waals surface area contributed by atoms with Gasteiger partial charge in [-0.1, -0.05) is 13.8 Å². The summed E-state index contributed by atoms with van der Waals surface area (Å²) in [7, 11) is 1.70. The van der Waals surface area contributed by atoms with Crippen molar-refractivity contribution in [3.63, 3.8) is 0 Å². The van der Waals surface area contributed by atoms with Gasteiger partial charge in [0.05, 0.1) is 0 Å². The molecule has 108 valence electrons. The van der Waals surface area contributed by atoms with Crippen LogP contribution in [-0.4, -0.2) is 39.1 Å². The minimum absolute atomic E-state index is 0.143. The molecule has 1 rings (SSSR count). The van der Waals surface area contributed by atoms with E-state index in [0.717, 1.165) is 6.42 Å². The van der Waals surface area contributed by atoms with Crippen LogP contribution in [-0.2, 0) is 7.05 Å². The number of aromatic nitrogens is 3. The summed E-state index contributed by atoms with van der Waals surface area (Å²) in [4.78, 5) is 15.6. The molecule has 0 bridgehead atoms.